The number of ether oxygens (including phenoxy) is 6. The second-order valence-electron chi connectivity index (χ2n) is 33.2. The van der Waals surface area contributed by atoms with Crippen molar-refractivity contribution < 1.29 is 104 Å². The molecule has 0 bridgehead atoms. The van der Waals surface area contributed by atoms with Crippen LogP contribution in [0.2, 0.25) is 0 Å². The Hall–Kier alpha value is -2.79. The molecule has 3 rings (SSSR count). The van der Waals surface area contributed by atoms with Crippen LogP contribution in [0.1, 0.15) is 387 Å². The molecule has 112 heavy (non-hydrogen) atoms. The first kappa shape index (κ1) is 103. The molecule has 14 N–H and O–H groups in total. The van der Waals surface area contributed by atoms with Gasteiger partial charge in [0.25, 0.3) is 5.79 Å². The second kappa shape index (κ2) is 67.0. The van der Waals surface area contributed by atoms with E-state index in [0.717, 1.165) is 64.7 Å². The highest BCUT2D eigenvalue weighted by atomic mass is 16.8. The van der Waals surface area contributed by atoms with Gasteiger partial charge in [0, 0.05) is 19.8 Å². The molecule has 23 heteroatoms. The predicted molar refractivity (Wildman–Crippen MR) is 440 cm³/mol. The van der Waals surface area contributed by atoms with Gasteiger partial charge >= 0.3 is 5.97 Å². The lowest BCUT2D eigenvalue weighted by Crippen LogP contribution is -2.70. The highest BCUT2D eigenvalue weighted by Gasteiger charge is 2.60. The van der Waals surface area contributed by atoms with Crippen LogP contribution < -0.4 is 10.6 Å². The summed E-state index contributed by atoms with van der Waals surface area (Å²) in [6, 6.07) is -2.53. The van der Waals surface area contributed by atoms with Crippen LogP contribution in [-0.4, -0.2) is 215 Å². The third-order valence-corrected chi connectivity index (χ3v) is 23.2. The van der Waals surface area contributed by atoms with Gasteiger partial charge in [0.1, 0.15) is 67.1 Å². The highest BCUT2D eigenvalue weighted by molar-refractivity contribution is 5.77. The largest absolute Gasteiger partial charge is 0.477 e. The number of aliphatic carboxylic acids is 1. The standard InChI is InChI=1S/C89H166N2O21/c1-4-6-8-10-12-14-16-18-20-22-24-26-28-29-30-31-32-33-34-35-36-37-38-39-41-43-45-47-49-51-53-55-57-59-61-63-76(99)91-70(71(96)62-60-58-56-54-52-50-48-46-44-42-40-27-25-23-21-19-17-15-13-11-9-7-5-2)68-107-86-81(103)80(102)83(75(67-94)109-86)110-87-82(104)85(79(101)74(66-93)108-87)112-89(88(105)106)64-72(97)77(90-69(3)95)84(111-89)78(100)73(98)65-92/h28-29,31-32,70-75,77-87,92-94,96-98,100-104H,4-27,30,33-68H2,1-3H3,(H,90,95)(H,91,99)(H,105,106)/b29-28-,32-31-. The zero-order valence-electron chi connectivity index (χ0n) is 70.3. The summed E-state index contributed by atoms with van der Waals surface area (Å²) in [4.78, 5) is 38.8. The topological polar surface area (TPSA) is 373 Å². The number of carboxylic acids is 1. The molecule has 0 aromatic carbocycles. The Kier molecular flexibility index (Phi) is 61.9. The minimum Gasteiger partial charge on any atom is -0.477 e. The molecule has 3 heterocycles. The fourth-order valence-electron chi connectivity index (χ4n) is 16.0. The summed E-state index contributed by atoms with van der Waals surface area (Å²) < 4.78 is 35.1. The normalized spacial score (nSPS) is 25.4. The predicted octanol–water partition coefficient (Wildman–Crippen LogP) is 14.6. The summed E-state index contributed by atoms with van der Waals surface area (Å²) >= 11 is 0. The lowest BCUT2D eigenvalue weighted by molar-refractivity contribution is -0.386. The molecule has 0 aliphatic carbocycles. The summed E-state index contributed by atoms with van der Waals surface area (Å²) in [6.45, 7) is 2.28. The molecule has 3 aliphatic rings. The molecule has 0 spiro atoms. The first-order chi connectivity index (χ1) is 54.4. The van der Waals surface area contributed by atoms with Gasteiger partial charge in [0.15, 0.2) is 12.6 Å². The molecule has 3 saturated heterocycles. The lowest BCUT2D eigenvalue weighted by Gasteiger charge is -2.50. The number of aliphatic hydroxyl groups is 11. The van der Waals surface area contributed by atoms with Crippen molar-refractivity contribution in [1.29, 1.82) is 0 Å². The Balaban J connectivity index is 1.43. The fourth-order valence-corrected chi connectivity index (χ4v) is 16.0. The van der Waals surface area contributed by atoms with E-state index in [4.69, 9.17) is 28.4 Å². The van der Waals surface area contributed by atoms with Gasteiger partial charge in [-0.1, -0.05) is 346 Å². The molecular formula is C89H166N2O21. The molecule has 0 saturated carbocycles. The molecule has 3 aliphatic heterocycles. The van der Waals surface area contributed by atoms with E-state index < -0.39 is 148 Å². The Labute approximate surface area is 676 Å². The number of hydrogen-bond acceptors (Lipinski definition) is 20. The van der Waals surface area contributed by atoms with Gasteiger partial charge in [-0.05, 0) is 44.9 Å². The maximum absolute atomic E-state index is 13.6. The number of amides is 2. The van der Waals surface area contributed by atoms with Crippen LogP contribution in [0.4, 0.5) is 0 Å². The van der Waals surface area contributed by atoms with Crippen LogP contribution in [0, 0.1) is 0 Å². The number of allylic oxidation sites excluding steroid dienone is 4. The van der Waals surface area contributed by atoms with E-state index in [1.807, 2.05) is 0 Å². The van der Waals surface area contributed by atoms with Crippen molar-refractivity contribution in [3.8, 4) is 0 Å². The molecule has 658 valence electrons. The number of carboxylic acid groups (broad SMARTS) is 1. The van der Waals surface area contributed by atoms with E-state index >= 15 is 0 Å². The smallest absolute Gasteiger partial charge is 0.364 e. The average Bonchev–Trinajstić information content (AvgIpc) is 0.756. The van der Waals surface area contributed by atoms with Gasteiger partial charge in [-0.2, -0.15) is 0 Å². The van der Waals surface area contributed by atoms with Crippen molar-refractivity contribution in [2.45, 2.75) is 497 Å². The molecule has 2 amide bonds. The van der Waals surface area contributed by atoms with Gasteiger partial charge in [0.2, 0.25) is 11.8 Å². The van der Waals surface area contributed by atoms with Crippen LogP contribution in [0.15, 0.2) is 24.3 Å². The van der Waals surface area contributed by atoms with Crippen molar-refractivity contribution in [2.24, 2.45) is 0 Å². The van der Waals surface area contributed by atoms with Crippen molar-refractivity contribution in [3.05, 3.63) is 24.3 Å². The maximum atomic E-state index is 13.6. The Morgan fingerprint density at radius 3 is 1.25 bits per heavy atom. The molecule has 0 aromatic heterocycles. The Morgan fingerprint density at radius 1 is 0.464 bits per heavy atom. The van der Waals surface area contributed by atoms with E-state index in [1.165, 1.54) is 276 Å². The molecule has 0 aromatic rings. The molecular weight excluding hydrogens is 1430 g/mol. The van der Waals surface area contributed by atoms with E-state index in [0.29, 0.717) is 19.3 Å². The monoisotopic (exact) mass is 1600 g/mol. The molecule has 3 fully saturated rings. The molecule has 23 nitrogen and oxygen atoms in total. The first-order valence-corrected chi connectivity index (χ1v) is 45.7. The lowest BCUT2D eigenvalue weighted by atomic mass is 9.88. The molecule has 18 unspecified atom stereocenters. The minimum atomic E-state index is -3.08. The summed E-state index contributed by atoms with van der Waals surface area (Å²) in [6.07, 6.45) is 49.0. The zero-order valence-corrected chi connectivity index (χ0v) is 70.3. The highest BCUT2D eigenvalue weighted by Crippen LogP contribution is 2.39. The number of aliphatic hydroxyl groups excluding tert-OH is 11. The van der Waals surface area contributed by atoms with E-state index in [2.05, 4.69) is 48.8 Å². The zero-order chi connectivity index (χ0) is 81.7. The number of hydrogen-bond donors (Lipinski definition) is 14. The van der Waals surface area contributed by atoms with Gasteiger partial charge < -0.3 is 100 Å². The fraction of sp³-hybridized carbons (Fsp3) is 0.921. The van der Waals surface area contributed by atoms with Gasteiger partial charge in [-0.15, -0.1) is 0 Å². The van der Waals surface area contributed by atoms with Crippen LogP contribution >= 0.6 is 0 Å². The van der Waals surface area contributed by atoms with Crippen molar-refractivity contribution in [1.82, 2.24) is 10.6 Å². The van der Waals surface area contributed by atoms with E-state index in [9.17, 15) is 75.7 Å². The SMILES string of the molecule is CCCCCCCCCCCCC/C=C\C/C=C\CCCCCCCCCCCCCCCCCCCC(=O)NC(COC1OC(CO)C(OC2OC(CO)C(O)C(OC3(C(=O)O)CC(O)C(NC(C)=O)C(C(O)C(O)CO)O3)C2O)C(O)C1O)C(O)CCCCCCCCCCCCCCCCCCCCCCCCC. The second-order valence-corrected chi connectivity index (χ2v) is 33.2. The van der Waals surface area contributed by atoms with Gasteiger partial charge in [0.05, 0.1) is 50.7 Å². The van der Waals surface area contributed by atoms with Crippen LogP contribution in [-0.2, 0) is 42.8 Å². The molecule has 18 atom stereocenters. The average molecular weight is 1600 g/mol. The van der Waals surface area contributed by atoms with Crippen LogP contribution in [0.5, 0.6) is 0 Å². The minimum absolute atomic E-state index is 0.226. The van der Waals surface area contributed by atoms with E-state index in [-0.39, 0.29) is 18.9 Å². The number of carbonyl (C=O) groups is 3. The van der Waals surface area contributed by atoms with Crippen LogP contribution in [0.3, 0.4) is 0 Å². The van der Waals surface area contributed by atoms with Gasteiger partial charge in [-0.25, -0.2) is 4.79 Å². The Bertz CT molecular complexity index is 2310. The summed E-state index contributed by atoms with van der Waals surface area (Å²) in [5.41, 5.74) is 0. The van der Waals surface area contributed by atoms with Crippen molar-refractivity contribution in [2.75, 3.05) is 26.4 Å². The summed E-state index contributed by atoms with van der Waals surface area (Å²) in [5, 5.41) is 137. The molecule has 0 radical (unpaired) electrons. The summed E-state index contributed by atoms with van der Waals surface area (Å²) in [5.74, 6) is -6.09. The third-order valence-electron chi connectivity index (χ3n) is 23.2. The quantitative estimate of drug-likeness (QED) is 0.0199. The van der Waals surface area contributed by atoms with Crippen molar-refractivity contribution >= 4 is 17.8 Å². The van der Waals surface area contributed by atoms with E-state index in [1.54, 1.807) is 0 Å². The number of carbonyl (C=O) groups excluding carboxylic acids is 2. The summed E-state index contributed by atoms with van der Waals surface area (Å²) in [7, 11) is 0. The van der Waals surface area contributed by atoms with Crippen LogP contribution in [0.25, 0.3) is 0 Å². The number of rotatable bonds is 74. The van der Waals surface area contributed by atoms with Gasteiger partial charge in [-0.3, -0.25) is 9.59 Å². The maximum Gasteiger partial charge on any atom is 0.364 e. The number of nitrogens with one attached hydrogen (secondary N) is 2. The Morgan fingerprint density at radius 2 is 0.857 bits per heavy atom. The number of unbranched alkanes of at least 4 members (excludes halogenated alkanes) is 50. The third kappa shape index (κ3) is 45.4. The van der Waals surface area contributed by atoms with Crippen molar-refractivity contribution in [3.63, 3.8) is 0 Å². The first-order valence-electron chi connectivity index (χ1n) is 45.7.